The summed E-state index contributed by atoms with van der Waals surface area (Å²) in [5.41, 5.74) is 4.31. The van der Waals surface area contributed by atoms with Gasteiger partial charge in [-0.25, -0.2) is 24.1 Å². The topological polar surface area (TPSA) is 98.3 Å². The Kier molecular flexibility index (Phi) is 7.10. The average molecular weight is 601 g/mol. The molecule has 220 valence electrons. The molecular weight excluding hydrogens is 571 g/mol. The van der Waals surface area contributed by atoms with E-state index >= 15 is 0 Å². The molecule has 11 heteroatoms. The van der Waals surface area contributed by atoms with Crippen molar-refractivity contribution in [1.29, 1.82) is 0 Å². The van der Waals surface area contributed by atoms with Crippen molar-refractivity contribution >= 4 is 28.6 Å². The largest absolute Gasteiger partial charge is 0.478 e. The fourth-order valence-electron chi connectivity index (χ4n) is 6.40. The number of likely N-dealkylation sites (tertiary alicyclic amines) is 1. The number of ether oxygens (including phenoxy) is 1. The lowest BCUT2D eigenvalue weighted by Crippen LogP contribution is -2.26. The maximum Gasteiger partial charge on any atom is 0.335 e. The number of carboxylic acid groups (broad SMARTS) is 1. The zero-order valence-electron chi connectivity index (χ0n) is 23.5. The summed E-state index contributed by atoms with van der Waals surface area (Å²) >= 11 is 5.86. The van der Waals surface area contributed by atoms with Crippen molar-refractivity contribution in [2.24, 2.45) is 11.8 Å². The minimum atomic E-state index is -0.958. The third-order valence-corrected chi connectivity index (χ3v) is 8.88. The average Bonchev–Trinajstić information content (AvgIpc) is 3.33. The summed E-state index contributed by atoms with van der Waals surface area (Å²) in [5.74, 6) is 1.39. The Labute approximate surface area is 252 Å². The molecule has 1 aliphatic heterocycles. The first-order valence-electron chi connectivity index (χ1n) is 14.4. The van der Waals surface area contributed by atoms with Gasteiger partial charge in [0.1, 0.15) is 18.2 Å². The maximum atomic E-state index is 14.2. The number of hydrogen-bond acceptors (Lipinski definition) is 6. The molecule has 1 saturated carbocycles. The minimum Gasteiger partial charge on any atom is -0.478 e. The van der Waals surface area contributed by atoms with Crippen molar-refractivity contribution < 1.29 is 19.0 Å². The van der Waals surface area contributed by atoms with Crippen molar-refractivity contribution in [3.63, 3.8) is 0 Å². The highest BCUT2D eigenvalue weighted by atomic mass is 35.5. The van der Waals surface area contributed by atoms with Crippen molar-refractivity contribution in [1.82, 2.24) is 29.0 Å². The lowest BCUT2D eigenvalue weighted by atomic mass is 10.1. The predicted octanol–water partition coefficient (Wildman–Crippen LogP) is 5.61. The fourth-order valence-corrected chi connectivity index (χ4v) is 6.56. The molecule has 1 saturated heterocycles. The van der Waals surface area contributed by atoms with E-state index in [1.54, 1.807) is 36.4 Å². The number of aryl methyl sites for hydroxylation is 1. The summed E-state index contributed by atoms with van der Waals surface area (Å²) in [6.45, 7) is 6.03. The van der Waals surface area contributed by atoms with Gasteiger partial charge in [-0.2, -0.15) is 0 Å². The standard InChI is InChI=1S/C32H30ClFN6O3/c1-2-39-18-35-12-22(39)13-40-28-10-19(32(41)42)7-9-26(28)36-29(40)16-38-14-23-24(15-38)31(23)27-4-3-5-30(37-27)43-17-20-6-8-21(33)11-25(20)34/h3-12,18,23-24,31H,2,13-17H2,1H3,(H,41,42). The van der Waals surface area contributed by atoms with E-state index in [1.165, 1.54) is 6.07 Å². The molecule has 0 amide bonds. The van der Waals surface area contributed by atoms with Gasteiger partial charge in [-0.3, -0.25) is 4.90 Å². The number of carbonyl (C=O) groups is 1. The van der Waals surface area contributed by atoms with Crippen molar-refractivity contribution in [2.45, 2.75) is 39.1 Å². The molecule has 2 fully saturated rings. The lowest BCUT2D eigenvalue weighted by Gasteiger charge is -2.20. The molecule has 43 heavy (non-hydrogen) atoms. The molecular formula is C32H30ClFN6O3. The second kappa shape index (κ2) is 11.1. The van der Waals surface area contributed by atoms with E-state index in [0.717, 1.165) is 47.9 Å². The first-order chi connectivity index (χ1) is 20.9. The summed E-state index contributed by atoms with van der Waals surface area (Å²) in [5, 5.41) is 9.95. The smallest absolute Gasteiger partial charge is 0.335 e. The Morgan fingerprint density at radius 1 is 1.09 bits per heavy atom. The van der Waals surface area contributed by atoms with Gasteiger partial charge < -0.3 is 19.0 Å². The monoisotopic (exact) mass is 600 g/mol. The van der Waals surface area contributed by atoms with Crippen molar-refractivity contribution in [3.05, 3.63) is 106 Å². The number of imidazole rings is 2. The van der Waals surface area contributed by atoms with Gasteiger partial charge in [0.25, 0.3) is 0 Å². The minimum absolute atomic E-state index is 0.0821. The molecule has 4 heterocycles. The third kappa shape index (κ3) is 5.36. The van der Waals surface area contributed by atoms with Gasteiger partial charge in [-0.1, -0.05) is 23.7 Å². The SMILES string of the molecule is CCn1cncc1Cn1c(CN2CC3C(C2)C3c2cccc(OCc3ccc(Cl)cc3F)n2)nc2ccc(C(=O)O)cc21. The van der Waals surface area contributed by atoms with Crippen LogP contribution in [0.15, 0.2) is 67.1 Å². The Morgan fingerprint density at radius 2 is 1.93 bits per heavy atom. The molecule has 9 nitrogen and oxygen atoms in total. The van der Waals surface area contributed by atoms with E-state index in [2.05, 4.69) is 25.9 Å². The van der Waals surface area contributed by atoms with Crippen LogP contribution in [0.2, 0.25) is 5.02 Å². The Bertz CT molecular complexity index is 1830. The van der Waals surface area contributed by atoms with Gasteiger partial charge >= 0.3 is 5.97 Å². The number of aromatic carboxylic acids is 1. The number of pyridine rings is 1. The van der Waals surface area contributed by atoms with E-state index in [-0.39, 0.29) is 12.2 Å². The normalized spacial score (nSPS) is 19.6. The first-order valence-corrected chi connectivity index (χ1v) is 14.7. The first kappa shape index (κ1) is 27.5. The lowest BCUT2D eigenvalue weighted by molar-refractivity contribution is 0.0697. The number of carboxylic acids is 1. The summed E-state index contributed by atoms with van der Waals surface area (Å²) in [7, 11) is 0. The molecule has 5 aromatic rings. The maximum absolute atomic E-state index is 14.2. The number of benzene rings is 2. The zero-order valence-corrected chi connectivity index (χ0v) is 24.3. The highest BCUT2D eigenvalue weighted by molar-refractivity contribution is 6.30. The summed E-state index contributed by atoms with van der Waals surface area (Å²) in [4.78, 5) is 28.1. The highest BCUT2D eigenvalue weighted by Crippen LogP contribution is 2.58. The number of halogens is 2. The van der Waals surface area contributed by atoms with Crippen molar-refractivity contribution in [3.8, 4) is 5.88 Å². The van der Waals surface area contributed by atoms with Crippen LogP contribution >= 0.6 is 11.6 Å². The molecule has 2 atom stereocenters. The quantitative estimate of drug-likeness (QED) is 0.222. The van der Waals surface area contributed by atoms with E-state index in [9.17, 15) is 14.3 Å². The molecule has 2 unspecified atom stereocenters. The molecule has 0 radical (unpaired) electrons. The highest BCUT2D eigenvalue weighted by Gasteiger charge is 2.57. The van der Waals surface area contributed by atoms with Crippen LogP contribution in [0.3, 0.4) is 0 Å². The molecule has 1 N–H and O–H groups in total. The number of nitrogens with zero attached hydrogens (tertiary/aromatic N) is 6. The number of fused-ring (bicyclic) bond motifs is 2. The molecule has 0 bridgehead atoms. The van der Waals surface area contributed by atoms with E-state index in [0.29, 0.717) is 47.3 Å². The number of piperidine rings is 1. The van der Waals surface area contributed by atoms with Crippen LogP contribution in [0.5, 0.6) is 5.88 Å². The molecule has 2 aliphatic rings. The van der Waals surface area contributed by atoms with Crippen LogP contribution in [0, 0.1) is 17.7 Å². The van der Waals surface area contributed by atoms with Gasteiger partial charge in [-0.05, 0) is 55.2 Å². The zero-order chi connectivity index (χ0) is 29.7. The van der Waals surface area contributed by atoms with E-state index in [1.807, 2.05) is 24.7 Å². The summed E-state index contributed by atoms with van der Waals surface area (Å²) in [6, 6.07) is 15.4. The van der Waals surface area contributed by atoms with Crippen molar-refractivity contribution in [2.75, 3.05) is 13.1 Å². The van der Waals surface area contributed by atoms with Crippen LogP contribution in [-0.2, 0) is 26.2 Å². The second-order valence-corrected chi connectivity index (χ2v) is 11.7. The van der Waals surface area contributed by atoms with Gasteiger partial charge in [0.2, 0.25) is 5.88 Å². The van der Waals surface area contributed by atoms with Gasteiger partial charge in [-0.15, -0.1) is 0 Å². The number of aromatic nitrogens is 5. The second-order valence-electron chi connectivity index (χ2n) is 11.3. The Balaban J connectivity index is 1.05. The molecule has 1 aliphatic carbocycles. The molecule has 0 spiro atoms. The molecule has 2 aromatic carbocycles. The van der Waals surface area contributed by atoms with Gasteiger partial charge in [0.05, 0.1) is 41.7 Å². The predicted molar refractivity (Wildman–Crippen MR) is 159 cm³/mol. The molecule has 7 rings (SSSR count). The number of hydrogen-bond donors (Lipinski definition) is 1. The van der Waals surface area contributed by atoms with Gasteiger partial charge in [0, 0.05) is 54.1 Å². The number of rotatable bonds is 10. The Morgan fingerprint density at radius 3 is 2.70 bits per heavy atom. The summed E-state index contributed by atoms with van der Waals surface area (Å²) in [6.07, 6.45) is 3.67. The third-order valence-electron chi connectivity index (χ3n) is 8.65. The Hall–Kier alpha value is -4.28. The van der Waals surface area contributed by atoms with Crippen LogP contribution < -0.4 is 4.74 Å². The molecule has 3 aromatic heterocycles. The van der Waals surface area contributed by atoms with Crippen LogP contribution in [-0.4, -0.2) is 53.2 Å². The van der Waals surface area contributed by atoms with Crippen LogP contribution in [0.4, 0.5) is 4.39 Å². The fraction of sp³-hybridized carbons (Fsp3) is 0.312. The van der Waals surface area contributed by atoms with E-state index in [4.69, 9.17) is 26.3 Å². The van der Waals surface area contributed by atoms with Crippen LogP contribution in [0.25, 0.3) is 11.0 Å². The summed E-state index contributed by atoms with van der Waals surface area (Å²) < 4.78 is 24.2. The van der Waals surface area contributed by atoms with Gasteiger partial charge in [0.15, 0.2) is 0 Å². The van der Waals surface area contributed by atoms with E-state index < -0.39 is 11.8 Å². The van der Waals surface area contributed by atoms with Crippen LogP contribution in [0.1, 0.15) is 46.0 Å².